The van der Waals surface area contributed by atoms with E-state index in [1.54, 1.807) is 11.0 Å². The summed E-state index contributed by atoms with van der Waals surface area (Å²) >= 11 is 0. The maximum atomic E-state index is 3.93. The van der Waals surface area contributed by atoms with Gasteiger partial charge >= 0.3 is 0 Å². The topological polar surface area (TPSA) is 55.6 Å². The largest absolute Gasteiger partial charge is 0.381 e. The SMILES string of the molecule is Cc1ccc(NCc2ccccc2)cc1-n1cnnn1. The van der Waals surface area contributed by atoms with Gasteiger partial charge in [-0.2, -0.15) is 0 Å². The molecule has 0 bridgehead atoms. The van der Waals surface area contributed by atoms with Crippen LogP contribution in [-0.2, 0) is 6.54 Å². The molecule has 0 saturated heterocycles. The first-order chi connectivity index (χ1) is 9.83. The molecule has 100 valence electrons. The highest BCUT2D eigenvalue weighted by molar-refractivity contribution is 5.54. The Morgan fingerprint density at radius 3 is 2.70 bits per heavy atom. The van der Waals surface area contributed by atoms with Crippen LogP contribution in [0.3, 0.4) is 0 Å². The molecule has 20 heavy (non-hydrogen) atoms. The molecular formula is C15H15N5. The number of rotatable bonds is 4. The van der Waals surface area contributed by atoms with Gasteiger partial charge in [-0.3, -0.25) is 0 Å². The van der Waals surface area contributed by atoms with E-state index in [9.17, 15) is 0 Å². The Labute approximate surface area is 117 Å². The van der Waals surface area contributed by atoms with E-state index in [2.05, 4.69) is 51.2 Å². The predicted octanol–water partition coefficient (Wildman–Crippen LogP) is 2.58. The standard InChI is InChI=1S/C15H15N5/c1-12-7-8-14(9-15(12)20-11-17-18-19-20)16-10-13-5-3-2-4-6-13/h2-9,11,16H,10H2,1H3. The molecule has 3 aromatic rings. The Morgan fingerprint density at radius 1 is 1.10 bits per heavy atom. The number of benzene rings is 2. The van der Waals surface area contributed by atoms with Gasteiger partial charge in [-0.15, -0.1) is 5.10 Å². The molecule has 1 aromatic heterocycles. The molecule has 3 rings (SSSR count). The van der Waals surface area contributed by atoms with Crippen LogP contribution in [-0.4, -0.2) is 20.2 Å². The smallest absolute Gasteiger partial charge is 0.143 e. The summed E-state index contributed by atoms with van der Waals surface area (Å²) in [5.74, 6) is 0. The second-order valence-electron chi connectivity index (χ2n) is 4.59. The van der Waals surface area contributed by atoms with Gasteiger partial charge in [-0.25, -0.2) is 4.68 Å². The molecule has 0 atom stereocenters. The average molecular weight is 265 g/mol. The van der Waals surface area contributed by atoms with E-state index in [4.69, 9.17) is 0 Å². The Morgan fingerprint density at radius 2 is 1.95 bits per heavy atom. The first-order valence-electron chi connectivity index (χ1n) is 6.45. The van der Waals surface area contributed by atoms with E-state index in [0.717, 1.165) is 23.5 Å². The third-order valence-corrected chi connectivity index (χ3v) is 3.14. The second kappa shape index (κ2) is 5.52. The van der Waals surface area contributed by atoms with Crippen molar-refractivity contribution in [3.05, 3.63) is 66.0 Å². The molecule has 0 fully saturated rings. The van der Waals surface area contributed by atoms with Gasteiger partial charge in [0.1, 0.15) is 6.33 Å². The third kappa shape index (κ3) is 2.66. The maximum Gasteiger partial charge on any atom is 0.143 e. The molecule has 0 spiro atoms. The minimum absolute atomic E-state index is 0.791. The molecule has 0 radical (unpaired) electrons. The van der Waals surface area contributed by atoms with Crippen molar-refractivity contribution in [1.29, 1.82) is 0 Å². The summed E-state index contributed by atoms with van der Waals surface area (Å²) in [6, 6.07) is 16.5. The number of nitrogens with zero attached hydrogens (tertiary/aromatic N) is 4. The lowest BCUT2D eigenvalue weighted by Gasteiger charge is -2.10. The quantitative estimate of drug-likeness (QED) is 0.787. The molecule has 0 aliphatic carbocycles. The summed E-state index contributed by atoms with van der Waals surface area (Å²) in [5.41, 5.74) is 4.40. The number of aryl methyl sites for hydroxylation is 1. The number of hydrogen-bond donors (Lipinski definition) is 1. The molecule has 0 unspecified atom stereocenters. The van der Waals surface area contributed by atoms with Crippen LogP contribution >= 0.6 is 0 Å². The van der Waals surface area contributed by atoms with Crippen molar-refractivity contribution in [2.24, 2.45) is 0 Å². The summed E-state index contributed by atoms with van der Waals surface area (Å²) in [6.45, 7) is 2.83. The van der Waals surface area contributed by atoms with Crippen molar-refractivity contribution in [2.45, 2.75) is 13.5 Å². The molecule has 0 aliphatic heterocycles. The van der Waals surface area contributed by atoms with Gasteiger partial charge in [-0.1, -0.05) is 36.4 Å². The highest BCUT2D eigenvalue weighted by atomic mass is 15.5. The van der Waals surface area contributed by atoms with Gasteiger partial charge in [0.2, 0.25) is 0 Å². The van der Waals surface area contributed by atoms with Crippen molar-refractivity contribution in [1.82, 2.24) is 20.2 Å². The average Bonchev–Trinajstić information content (AvgIpc) is 3.01. The van der Waals surface area contributed by atoms with Crippen molar-refractivity contribution in [3.63, 3.8) is 0 Å². The van der Waals surface area contributed by atoms with E-state index in [1.807, 2.05) is 25.1 Å². The van der Waals surface area contributed by atoms with Gasteiger partial charge in [-0.05, 0) is 40.6 Å². The van der Waals surface area contributed by atoms with Gasteiger partial charge < -0.3 is 5.32 Å². The minimum Gasteiger partial charge on any atom is -0.381 e. The Balaban J connectivity index is 1.79. The summed E-state index contributed by atoms with van der Waals surface area (Å²) in [4.78, 5) is 0. The number of hydrogen-bond acceptors (Lipinski definition) is 4. The zero-order valence-electron chi connectivity index (χ0n) is 11.2. The van der Waals surface area contributed by atoms with Crippen LogP contribution in [0.4, 0.5) is 5.69 Å². The lowest BCUT2D eigenvalue weighted by molar-refractivity contribution is 0.785. The Bertz CT molecular complexity index is 677. The van der Waals surface area contributed by atoms with Gasteiger partial charge in [0.05, 0.1) is 5.69 Å². The first kappa shape index (κ1) is 12.3. The molecule has 0 aliphatic rings. The van der Waals surface area contributed by atoms with Crippen LogP contribution < -0.4 is 5.32 Å². The molecule has 5 heteroatoms. The van der Waals surface area contributed by atoms with E-state index in [-0.39, 0.29) is 0 Å². The van der Waals surface area contributed by atoms with E-state index in [0.29, 0.717) is 0 Å². The summed E-state index contributed by atoms with van der Waals surface area (Å²) < 4.78 is 1.67. The number of anilines is 1. The highest BCUT2D eigenvalue weighted by Crippen LogP contribution is 2.18. The van der Waals surface area contributed by atoms with Crippen LogP contribution in [0.1, 0.15) is 11.1 Å². The zero-order valence-corrected chi connectivity index (χ0v) is 11.2. The zero-order chi connectivity index (χ0) is 13.8. The molecule has 5 nitrogen and oxygen atoms in total. The Hall–Kier alpha value is -2.69. The normalized spacial score (nSPS) is 10.4. The number of nitrogens with one attached hydrogen (secondary N) is 1. The van der Waals surface area contributed by atoms with Gasteiger partial charge in [0, 0.05) is 12.2 Å². The van der Waals surface area contributed by atoms with Crippen LogP contribution in [0.15, 0.2) is 54.9 Å². The number of aromatic nitrogens is 4. The van der Waals surface area contributed by atoms with E-state index in [1.165, 1.54) is 5.56 Å². The van der Waals surface area contributed by atoms with Gasteiger partial charge in [0.15, 0.2) is 0 Å². The van der Waals surface area contributed by atoms with Crippen molar-refractivity contribution < 1.29 is 0 Å². The van der Waals surface area contributed by atoms with E-state index < -0.39 is 0 Å². The molecule has 2 aromatic carbocycles. The molecule has 0 saturated carbocycles. The van der Waals surface area contributed by atoms with Crippen molar-refractivity contribution in [3.8, 4) is 5.69 Å². The monoisotopic (exact) mass is 265 g/mol. The van der Waals surface area contributed by atoms with E-state index >= 15 is 0 Å². The predicted molar refractivity (Wildman–Crippen MR) is 77.7 cm³/mol. The molecule has 1 N–H and O–H groups in total. The Kier molecular flexibility index (Phi) is 3.41. The fraction of sp³-hybridized carbons (Fsp3) is 0.133. The van der Waals surface area contributed by atoms with Crippen LogP contribution in [0.5, 0.6) is 0 Å². The highest BCUT2D eigenvalue weighted by Gasteiger charge is 2.04. The lowest BCUT2D eigenvalue weighted by atomic mass is 10.1. The number of tetrazole rings is 1. The first-order valence-corrected chi connectivity index (χ1v) is 6.45. The van der Waals surface area contributed by atoms with Crippen LogP contribution in [0.2, 0.25) is 0 Å². The third-order valence-electron chi connectivity index (χ3n) is 3.14. The molecule has 1 heterocycles. The van der Waals surface area contributed by atoms with Crippen molar-refractivity contribution in [2.75, 3.05) is 5.32 Å². The summed E-state index contributed by atoms with van der Waals surface area (Å²) in [5, 5.41) is 14.7. The second-order valence-corrected chi connectivity index (χ2v) is 4.59. The summed E-state index contributed by atoms with van der Waals surface area (Å²) in [7, 11) is 0. The molecular weight excluding hydrogens is 250 g/mol. The minimum atomic E-state index is 0.791. The van der Waals surface area contributed by atoms with Gasteiger partial charge in [0.25, 0.3) is 0 Å². The summed E-state index contributed by atoms with van der Waals surface area (Å²) in [6.07, 6.45) is 1.60. The van der Waals surface area contributed by atoms with Crippen molar-refractivity contribution >= 4 is 5.69 Å². The van der Waals surface area contributed by atoms with Crippen LogP contribution in [0, 0.1) is 6.92 Å². The lowest BCUT2D eigenvalue weighted by Crippen LogP contribution is -2.02. The molecule has 0 amide bonds. The fourth-order valence-corrected chi connectivity index (χ4v) is 2.04. The van der Waals surface area contributed by atoms with Crippen LogP contribution in [0.25, 0.3) is 5.69 Å². The maximum absolute atomic E-state index is 3.93. The fourth-order valence-electron chi connectivity index (χ4n) is 2.04.